The lowest BCUT2D eigenvalue weighted by Crippen LogP contribution is -2.42. The average Bonchev–Trinajstić information content (AvgIpc) is 2.64. The molecule has 0 aromatic heterocycles. The second-order valence-corrected chi connectivity index (χ2v) is 6.14. The highest BCUT2D eigenvalue weighted by atomic mass is 16.5. The predicted octanol–water partition coefficient (Wildman–Crippen LogP) is 1.20. The molecule has 0 aliphatic carbocycles. The summed E-state index contributed by atoms with van der Waals surface area (Å²) in [6, 6.07) is 10.1. The first-order valence-corrected chi connectivity index (χ1v) is 8.53. The maximum absolute atomic E-state index is 9.71. The maximum Gasteiger partial charge on any atom is 0.138 e. The van der Waals surface area contributed by atoms with Gasteiger partial charge in [0.25, 0.3) is 0 Å². The van der Waals surface area contributed by atoms with E-state index >= 15 is 0 Å². The summed E-state index contributed by atoms with van der Waals surface area (Å²) in [6.07, 6.45) is 0.792. The average molecular weight is 330 g/mol. The van der Waals surface area contributed by atoms with E-state index in [1.165, 1.54) is 5.57 Å². The van der Waals surface area contributed by atoms with Crippen molar-refractivity contribution in [3.8, 4) is 0 Å². The van der Waals surface area contributed by atoms with E-state index in [2.05, 4.69) is 34.4 Å². The van der Waals surface area contributed by atoms with Gasteiger partial charge in [-0.15, -0.1) is 0 Å². The monoisotopic (exact) mass is 330 g/mol. The van der Waals surface area contributed by atoms with Crippen LogP contribution in [0.4, 0.5) is 0 Å². The van der Waals surface area contributed by atoms with Gasteiger partial charge in [0.1, 0.15) is 12.6 Å². The second-order valence-electron chi connectivity index (χ2n) is 6.14. The minimum Gasteiger partial charge on any atom is -0.379 e. The van der Waals surface area contributed by atoms with Gasteiger partial charge in [0, 0.05) is 32.6 Å². The van der Waals surface area contributed by atoms with Crippen molar-refractivity contribution in [3.63, 3.8) is 0 Å². The first-order valence-electron chi connectivity index (χ1n) is 8.53. The lowest BCUT2D eigenvalue weighted by Gasteiger charge is -2.31. The van der Waals surface area contributed by atoms with Gasteiger partial charge in [-0.1, -0.05) is 30.3 Å². The van der Waals surface area contributed by atoms with E-state index in [0.717, 1.165) is 62.9 Å². The molecule has 2 N–H and O–H groups in total. The number of hydrazone groups is 1. The van der Waals surface area contributed by atoms with Crippen LogP contribution in [0.25, 0.3) is 0 Å². The first-order chi connectivity index (χ1) is 11.8. The van der Waals surface area contributed by atoms with E-state index in [1.54, 1.807) is 5.01 Å². The van der Waals surface area contributed by atoms with Crippen molar-refractivity contribution in [2.45, 2.75) is 13.3 Å². The first kappa shape index (κ1) is 17.0. The number of ether oxygens (including phenoxy) is 1. The smallest absolute Gasteiger partial charge is 0.138 e. The van der Waals surface area contributed by atoms with E-state index in [9.17, 15) is 5.11 Å². The van der Waals surface area contributed by atoms with E-state index in [1.807, 2.05) is 18.2 Å². The van der Waals surface area contributed by atoms with E-state index in [4.69, 9.17) is 4.74 Å². The zero-order chi connectivity index (χ0) is 16.8. The van der Waals surface area contributed by atoms with Crippen LogP contribution >= 0.6 is 0 Å². The summed E-state index contributed by atoms with van der Waals surface area (Å²) in [5.74, 6) is 0.922. The molecule has 1 saturated heterocycles. The third-order valence-corrected chi connectivity index (χ3v) is 4.40. The van der Waals surface area contributed by atoms with Gasteiger partial charge in [-0.3, -0.25) is 4.90 Å². The van der Waals surface area contributed by atoms with Crippen LogP contribution in [0.15, 0.2) is 46.8 Å². The van der Waals surface area contributed by atoms with E-state index in [0.29, 0.717) is 0 Å². The number of nitrogens with zero attached hydrogens (tertiary/aromatic N) is 3. The van der Waals surface area contributed by atoms with Gasteiger partial charge in [0.15, 0.2) is 0 Å². The van der Waals surface area contributed by atoms with Crippen molar-refractivity contribution in [2.24, 2.45) is 5.10 Å². The highest BCUT2D eigenvalue weighted by Crippen LogP contribution is 2.21. The number of aliphatic hydroxyl groups excluding tert-OH is 1. The van der Waals surface area contributed by atoms with E-state index in [-0.39, 0.29) is 6.73 Å². The normalized spacial score (nSPS) is 19.4. The largest absolute Gasteiger partial charge is 0.379 e. The number of hydrogen-bond donors (Lipinski definition) is 2. The summed E-state index contributed by atoms with van der Waals surface area (Å²) in [6.45, 7) is 7.36. The quantitative estimate of drug-likeness (QED) is 0.821. The Morgan fingerprint density at radius 2 is 1.96 bits per heavy atom. The van der Waals surface area contributed by atoms with Crippen LogP contribution in [-0.2, 0) is 4.74 Å². The molecule has 2 aliphatic rings. The Kier molecular flexibility index (Phi) is 5.85. The molecule has 130 valence electrons. The Morgan fingerprint density at radius 3 is 2.67 bits per heavy atom. The van der Waals surface area contributed by atoms with Gasteiger partial charge in [-0.25, -0.2) is 5.01 Å². The molecule has 0 saturated carbocycles. The van der Waals surface area contributed by atoms with Crippen LogP contribution in [0.1, 0.15) is 18.9 Å². The number of nitrogens with one attached hydrogen (secondary N) is 1. The van der Waals surface area contributed by atoms with Crippen LogP contribution in [-0.4, -0.2) is 66.9 Å². The number of benzene rings is 1. The summed E-state index contributed by atoms with van der Waals surface area (Å²) >= 11 is 0. The molecule has 1 aromatic carbocycles. The lowest BCUT2D eigenvalue weighted by atomic mass is 10.0. The summed E-state index contributed by atoms with van der Waals surface area (Å²) < 4.78 is 5.37. The fourth-order valence-electron chi connectivity index (χ4n) is 3.08. The van der Waals surface area contributed by atoms with Crippen molar-refractivity contribution in [2.75, 3.05) is 46.1 Å². The molecule has 1 fully saturated rings. The molecule has 0 atom stereocenters. The van der Waals surface area contributed by atoms with Gasteiger partial charge in [-0.05, 0) is 18.1 Å². The number of aliphatic hydroxyl groups is 1. The molecule has 2 aliphatic heterocycles. The minimum atomic E-state index is -0.131. The zero-order valence-corrected chi connectivity index (χ0v) is 14.2. The molecule has 3 rings (SSSR count). The topological polar surface area (TPSA) is 60.3 Å². The van der Waals surface area contributed by atoms with Crippen molar-refractivity contribution >= 4 is 5.71 Å². The Bertz CT molecular complexity index is 594. The van der Waals surface area contributed by atoms with Crippen molar-refractivity contribution < 1.29 is 9.84 Å². The molecule has 24 heavy (non-hydrogen) atoms. The Morgan fingerprint density at radius 1 is 1.21 bits per heavy atom. The van der Waals surface area contributed by atoms with Gasteiger partial charge < -0.3 is 15.2 Å². The van der Waals surface area contributed by atoms with Gasteiger partial charge in [0.05, 0.1) is 18.9 Å². The van der Waals surface area contributed by atoms with Crippen LogP contribution in [0, 0.1) is 0 Å². The van der Waals surface area contributed by atoms with E-state index < -0.39 is 0 Å². The van der Waals surface area contributed by atoms with Gasteiger partial charge in [-0.2, -0.15) is 5.10 Å². The molecule has 6 nitrogen and oxygen atoms in total. The van der Waals surface area contributed by atoms with Crippen molar-refractivity contribution in [1.29, 1.82) is 0 Å². The molecule has 6 heteroatoms. The molecule has 0 unspecified atom stereocenters. The Hall–Kier alpha value is -1.89. The van der Waals surface area contributed by atoms with Crippen LogP contribution in [0.3, 0.4) is 0 Å². The van der Waals surface area contributed by atoms with Crippen LogP contribution in [0.2, 0.25) is 0 Å². The van der Waals surface area contributed by atoms with Crippen molar-refractivity contribution in [3.05, 3.63) is 47.3 Å². The van der Waals surface area contributed by atoms with Crippen molar-refractivity contribution in [1.82, 2.24) is 15.2 Å². The molecule has 0 radical (unpaired) electrons. The standard InChI is InChI=1S/C18H26N4O2/c1-15-13-17(16-5-3-2-4-6-16)20-22(14-23)18(15)19-7-8-21-9-11-24-12-10-21/h2-6,19,23H,7-14H2,1H3. The number of hydrogen-bond acceptors (Lipinski definition) is 6. The number of morpholine rings is 1. The highest BCUT2D eigenvalue weighted by molar-refractivity contribution is 6.02. The Balaban J connectivity index is 1.61. The summed E-state index contributed by atoms with van der Waals surface area (Å²) in [4.78, 5) is 2.39. The molecule has 0 amide bonds. The molecule has 1 aromatic rings. The van der Waals surface area contributed by atoms with Crippen LogP contribution < -0.4 is 5.32 Å². The maximum atomic E-state index is 9.71. The second kappa shape index (κ2) is 8.28. The number of allylic oxidation sites excluding steroid dienone is 1. The minimum absolute atomic E-state index is 0.131. The van der Waals surface area contributed by atoms with Crippen LogP contribution in [0.5, 0.6) is 0 Å². The summed E-state index contributed by atoms with van der Waals surface area (Å²) in [5, 5.41) is 19.4. The predicted molar refractivity (Wildman–Crippen MR) is 94.5 cm³/mol. The number of rotatable bonds is 6. The molecular weight excluding hydrogens is 304 g/mol. The summed E-state index contributed by atoms with van der Waals surface area (Å²) in [5.41, 5.74) is 3.28. The fraction of sp³-hybridized carbons (Fsp3) is 0.500. The zero-order valence-electron chi connectivity index (χ0n) is 14.2. The molecule has 2 heterocycles. The lowest BCUT2D eigenvalue weighted by molar-refractivity contribution is 0.0381. The van der Waals surface area contributed by atoms with Gasteiger partial charge >= 0.3 is 0 Å². The third kappa shape index (κ3) is 4.14. The molecular formula is C18H26N4O2. The Labute approximate surface area is 143 Å². The third-order valence-electron chi connectivity index (χ3n) is 4.40. The SMILES string of the molecule is CC1=C(NCCN2CCOCC2)N(CO)N=C(c2ccccc2)C1. The summed E-state index contributed by atoms with van der Waals surface area (Å²) in [7, 11) is 0. The molecule has 0 spiro atoms. The highest BCUT2D eigenvalue weighted by Gasteiger charge is 2.20. The molecule has 0 bridgehead atoms. The fourth-order valence-corrected chi connectivity index (χ4v) is 3.08. The van der Waals surface area contributed by atoms with Gasteiger partial charge in [0.2, 0.25) is 0 Å².